The summed E-state index contributed by atoms with van der Waals surface area (Å²) in [5.41, 5.74) is 6.37. The summed E-state index contributed by atoms with van der Waals surface area (Å²) in [6, 6.07) is 4.92. The fourth-order valence-electron chi connectivity index (χ4n) is 1.31. The maximum Gasteiger partial charge on any atom is 0.211 e. The second-order valence-corrected chi connectivity index (χ2v) is 4.32. The Morgan fingerprint density at radius 2 is 2.12 bits per heavy atom. The lowest BCUT2D eigenvalue weighted by atomic mass is 10.2. The normalized spacial score (nSPS) is 12.8. The van der Waals surface area contributed by atoms with Crippen LogP contribution in [0.5, 0.6) is 0 Å². The maximum absolute atomic E-state index is 6.04. The van der Waals surface area contributed by atoms with Crippen molar-refractivity contribution in [2.45, 2.75) is 13.0 Å². The number of nitrogens with zero attached hydrogens (tertiary/aromatic N) is 1. The summed E-state index contributed by atoms with van der Waals surface area (Å²) in [4.78, 5) is 4.07. The molecule has 0 aliphatic rings. The fourth-order valence-corrected chi connectivity index (χ4v) is 1.69. The van der Waals surface area contributed by atoms with Crippen molar-refractivity contribution in [3.05, 3.63) is 40.3 Å². The van der Waals surface area contributed by atoms with E-state index in [1.807, 2.05) is 0 Å². The van der Waals surface area contributed by atoms with Gasteiger partial charge >= 0.3 is 0 Å². The molecule has 1 heterocycles. The monoisotopic (exact) mass is 256 g/mol. The lowest BCUT2D eigenvalue weighted by Gasteiger charge is -2.01. The third kappa shape index (κ3) is 2.21. The Balaban J connectivity index is 2.46. The number of oxazole rings is 1. The molecule has 0 amide bonds. The van der Waals surface area contributed by atoms with Gasteiger partial charge in [-0.05, 0) is 25.1 Å². The molecule has 1 aromatic carbocycles. The van der Waals surface area contributed by atoms with Gasteiger partial charge in [-0.1, -0.05) is 23.2 Å². The number of aromatic nitrogens is 1. The third-order valence-corrected chi connectivity index (χ3v) is 2.67. The molecule has 0 fully saturated rings. The van der Waals surface area contributed by atoms with Crippen LogP contribution in [-0.2, 0) is 0 Å². The smallest absolute Gasteiger partial charge is 0.211 e. The van der Waals surface area contributed by atoms with E-state index in [9.17, 15) is 0 Å². The first kappa shape index (κ1) is 11.5. The van der Waals surface area contributed by atoms with Crippen LogP contribution >= 0.6 is 23.2 Å². The van der Waals surface area contributed by atoms with E-state index in [0.717, 1.165) is 0 Å². The molecular formula is C11H10Cl2N2O. The van der Waals surface area contributed by atoms with Crippen molar-refractivity contribution in [3.63, 3.8) is 0 Å². The highest BCUT2D eigenvalue weighted by atomic mass is 35.5. The fraction of sp³-hybridized carbons (Fsp3) is 0.182. The summed E-state index contributed by atoms with van der Waals surface area (Å²) >= 11 is 11.9. The maximum atomic E-state index is 6.04. The van der Waals surface area contributed by atoms with Gasteiger partial charge in [0, 0.05) is 10.6 Å². The summed E-state index contributed by atoms with van der Waals surface area (Å²) in [6.07, 6.45) is 1.59. The van der Waals surface area contributed by atoms with Gasteiger partial charge < -0.3 is 10.2 Å². The molecule has 5 heteroatoms. The molecule has 84 valence electrons. The van der Waals surface area contributed by atoms with Crippen molar-refractivity contribution < 1.29 is 4.42 Å². The highest BCUT2D eigenvalue weighted by Gasteiger charge is 2.12. The first-order valence-corrected chi connectivity index (χ1v) is 5.50. The molecular weight excluding hydrogens is 247 g/mol. The number of hydrogen-bond acceptors (Lipinski definition) is 3. The average molecular weight is 257 g/mol. The van der Waals surface area contributed by atoms with Gasteiger partial charge in [0.2, 0.25) is 5.89 Å². The van der Waals surface area contributed by atoms with Gasteiger partial charge in [0.15, 0.2) is 5.76 Å². The quantitative estimate of drug-likeness (QED) is 0.892. The summed E-state index contributed by atoms with van der Waals surface area (Å²) in [5, 5.41) is 1.16. The first-order chi connectivity index (χ1) is 7.58. The Labute approximate surface area is 103 Å². The molecule has 3 nitrogen and oxygen atoms in total. The minimum absolute atomic E-state index is 0.244. The SMILES string of the molecule is CC(N)c1ncc(-c2cc(Cl)ccc2Cl)o1. The Morgan fingerprint density at radius 3 is 2.75 bits per heavy atom. The van der Waals surface area contributed by atoms with Gasteiger partial charge in [0.1, 0.15) is 0 Å². The van der Waals surface area contributed by atoms with Gasteiger partial charge in [-0.15, -0.1) is 0 Å². The van der Waals surface area contributed by atoms with Crippen LogP contribution in [-0.4, -0.2) is 4.98 Å². The molecule has 1 unspecified atom stereocenters. The summed E-state index contributed by atoms with van der Waals surface area (Å²) in [5.74, 6) is 1.05. The molecule has 0 bridgehead atoms. The zero-order chi connectivity index (χ0) is 11.7. The Hall–Kier alpha value is -1.03. The second-order valence-electron chi connectivity index (χ2n) is 3.48. The molecule has 2 aromatic rings. The molecule has 2 N–H and O–H groups in total. The van der Waals surface area contributed by atoms with E-state index in [0.29, 0.717) is 27.3 Å². The number of halogens is 2. The first-order valence-electron chi connectivity index (χ1n) is 4.74. The highest BCUT2D eigenvalue weighted by molar-refractivity contribution is 6.35. The summed E-state index contributed by atoms with van der Waals surface area (Å²) in [7, 11) is 0. The molecule has 0 aliphatic heterocycles. The topological polar surface area (TPSA) is 52.0 Å². The minimum Gasteiger partial charge on any atom is -0.439 e. The number of benzene rings is 1. The largest absolute Gasteiger partial charge is 0.439 e. The Bertz CT molecular complexity index is 508. The van der Waals surface area contributed by atoms with Gasteiger partial charge in [0.25, 0.3) is 0 Å². The molecule has 0 spiro atoms. The van der Waals surface area contributed by atoms with Crippen LogP contribution in [0.4, 0.5) is 0 Å². The average Bonchev–Trinajstić information content (AvgIpc) is 2.70. The number of rotatable bonds is 2. The van der Waals surface area contributed by atoms with Crippen molar-refractivity contribution in [2.24, 2.45) is 5.73 Å². The van der Waals surface area contributed by atoms with E-state index in [4.69, 9.17) is 33.4 Å². The zero-order valence-corrected chi connectivity index (χ0v) is 10.1. The van der Waals surface area contributed by atoms with Crippen molar-refractivity contribution in [1.82, 2.24) is 4.98 Å². The van der Waals surface area contributed by atoms with Crippen LogP contribution in [0.3, 0.4) is 0 Å². The predicted molar refractivity (Wildman–Crippen MR) is 64.6 cm³/mol. The minimum atomic E-state index is -0.244. The van der Waals surface area contributed by atoms with Crippen LogP contribution < -0.4 is 5.73 Å². The van der Waals surface area contributed by atoms with Crippen LogP contribution in [0.25, 0.3) is 11.3 Å². The predicted octanol–water partition coefficient (Wildman–Crippen LogP) is 3.67. The van der Waals surface area contributed by atoms with Crippen molar-refractivity contribution in [2.75, 3.05) is 0 Å². The number of nitrogens with two attached hydrogens (primary N) is 1. The van der Waals surface area contributed by atoms with E-state index in [1.54, 1.807) is 31.3 Å². The Kier molecular flexibility index (Phi) is 3.19. The molecule has 1 aromatic heterocycles. The van der Waals surface area contributed by atoms with Gasteiger partial charge in [-0.3, -0.25) is 0 Å². The lowest BCUT2D eigenvalue weighted by Crippen LogP contribution is -2.04. The van der Waals surface area contributed by atoms with Crippen LogP contribution in [0.2, 0.25) is 10.0 Å². The van der Waals surface area contributed by atoms with Crippen molar-refractivity contribution in [3.8, 4) is 11.3 Å². The van der Waals surface area contributed by atoms with Gasteiger partial charge in [-0.25, -0.2) is 4.98 Å². The van der Waals surface area contributed by atoms with Crippen LogP contribution in [0, 0.1) is 0 Å². The van der Waals surface area contributed by atoms with Gasteiger partial charge in [-0.2, -0.15) is 0 Å². The van der Waals surface area contributed by atoms with Gasteiger partial charge in [0.05, 0.1) is 17.3 Å². The van der Waals surface area contributed by atoms with Crippen LogP contribution in [0.1, 0.15) is 18.9 Å². The van der Waals surface area contributed by atoms with Crippen LogP contribution in [0.15, 0.2) is 28.8 Å². The standard InChI is InChI=1S/C11H10Cl2N2O/c1-6(14)11-15-5-10(16-11)8-4-7(12)2-3-9(8)13/h2-6H,14H2,1H3. The van der Waals surface area contributed by atoms with Crippen molar-refractivity contribution in [1.29, 1.82) is 0 Å². The molecule has 16 heavy (non-hydrogen) atoms. The lowest BCUT2D eigenvalue weighted by molar-refractivity contribution is 0.474. The molecule has 0 radical (unpaired) electrons. The molecule has 0 aliphatic carbocycles. The van der Waals surface area contributed by atoms with E-state index in [-0.39, 0.29) is 6.04 Å². The second kappa shape index (κ2) is 4.45. The third-order valence-electron chi connectivity index (χ3n) is 2.11. The molecule has 0 saturated carbocycles. The number of hydrogen-bond donors (Lipinski definition) is 1. The summed E-state index contributed by atoms with van der Waals surface area (Å²) in [6.45, 7) is 1.80. The van der Waals surface area contributed by atoms with E-state index in [1.165, 1.54) is 0 Å². The van der Waals surface area contributed by atoms with E-state index in [2.05, 4.69) is 4.98 Å². The van der Waals surface area contributed by atoms with Crippen molar-refractivity contribution >= 4 is 23.2 Å². The van der Waals surface area contributed by atoms with E-state index >= 15 is 0 Å². The Morgan fingerprint density at radius 1 is 1.38 bits per heavy atom. The molecule has 0 saturated heterocycles. The molecule has 1 atom stereocenters. The zero-order valence-electron chi connectivity index (χ0n) is 8.58. The van der Waals surface area contributed by atoms with E-state index < -0.39 is 0 Å². The summed E-state index contributed by atoms with van der Waals surface area (Å²) < 4.78 is 5.49. The highest BCUT2D eigenvalue weighted by Crippen LogP contribution is 2.31. The molecule has 2 rings (SSSR count).